The van der Waals surface area contributed by atoms with Gasteiger partial charge >= 0.3 is 0 Å². The fourth-order valence-corrected chi connectivity index (χ4v) is 2.43. The molecule has 2 rings (SSSR count). The Labute approximate surface area is 136 Å². The van der Waals surface area contributed by atoms with E-state index in [0.29, 0.717) is 31.9 Å². The summed E-state index contributed by atoms with van der Waals surface area (Å²) in [6.07, 6.45) is 4.67. The first-order chi connectivity index (χ1) is 11.2. The van der Waals surface area contributed by atoms with E-state index in [0.717, 1.165) is 12.8 Å². The molecule has 1 aromatic rings. The number of hydrogen-bond donors (Lipinski definition) is 1. The number of nitrogens with zero attached hydrogens (tertiary/aromatic N) is 2. The molecule has 1 N–H and O–H groups in total. The van der Waals surface area contributed by atoms with Gasteiger partial charge in [-0.2, -0.15) is 0 Å². The SMILES string of the molecule is COCCOCC(=O)N1CCC(NC(=O)c2cccnc2)CC1. The number of methoxy groups -OCH3 is 1. The van der Waals surface area contributed by atoms with Crippen LogP contribution in [-0.4, -0.2) is 67.8 Å². The second-order valence-corrected chi connectivity index (χ2v) is 5.42. The topological polar surface area (TPSA) is 80.8 Å². The summed E-state index contributed by atoms with van der Waals surface area (Å²) in [4.78, 5) is 29.8. The molecule has 1 fully saturated rings. The van der Waals surface area contributed by atoms with Crippen LogP contribution in [0.1, 0.15) is 23.2 Å². The van der Waals surface area contributed by atoms with Crippen molar-refractivity contribution in [3.8, 4) is 0 Å². The van der Waals surface area contributed by atoms with Gasteiger partial charge in [0.05, 0.1) is 18.8 Å². The highest BCUT2D eigenvalue weighted by Gasteiger charge is 2.24. The number of carbonyl (C=O) groups is 2. The van der Waals surface area contributed by atoms with Crippen LogP contribution in [0.2, 0.25) is 0 Å². The predicted molar refractivity (Wildman–Crippen MR) is 84.0 cm³/mol. The van der Waals surface area contributed by atoms with Crippen LogP contribution in [0.4, 0.5) is 0 Å². The van der Waals surface area contributed by atoms with Crippen molar-refractivity contribution in [3.63, 3.8) is 0 Å². The van der Waals surface area contributed by atoms with Crippen LogP contribution >= 0.6 is 0 Å². The molecule has 2 heterocycles. The van der Waals surface area contributed by atoms with E-state index in [4.69, 9.17) is 9.47 Å². The average Bonchev–Trinajstić information content (AvgIpc) is 2.60. The minimum absolute atomic E-state index is 0.0156. The van der Waals surface area contributed by atoms with Crippen molar-refractivity contribution in [2.45, 2.75) is 18.9 Å². The summed E-state index contributed by atoms with van der Waals surface area (Å²) in [6, 6.07) is 3.55. The summed E-state index contributed by atoms with van der Waals surface area (Å²) >= 11 is 0. The Morgan fingerprint density at radius 3 is 2.78 bits per heavy atom. The molecule has 0 radical (unpaired) electrons. The number of hydrogen-bond acceptors (Lipinski definition) is 5. The van der Waals surface area contributed by atoms with Crippen LogP contribution < -0.4 is 5.32 Å². The zero-order valence-electron chi connectivity index (χ0n) is 13.4. The normalized spacial score (nSPS) is 15.4. The average molecular weight is 321 g/mol. The number of likely N-dealkylation sites (tertiary alicyclic amines) is 1. The molecule has 1 saturated heterocycles. The fourth-order valence-electron chi connectivity index (χ4n) is 2.43. The van der Waals surface area contributed by atoms with Gasteiger partial charge in [-0.3, -0.25) is 14.6 Å². The number of piperidine rings is 1. The summed E-state index contributed by atoms with van der Waals surface area (Å²) < 4.78 is 10.1. The molecule has 2 amide bonds. The van der Waals surface area contributed by atoms with Crippen molar-refractivity contribution in [2.75, 3.05) is 40.0 Å². The van der Waals surface area contributed by atoms with E-state index >= 15 is 0 Å². The first kappa shape index (κ1) is 17.4. The van der Waals surface area contributed by atoms with E-state index in [2.05, 4.69) is 10.3 Å². The predicted octanol–water partition coefficient (Wildman–Crippen LogP) is 0.465. The number of ether oxygens (including phenoxy) is 2. The smallest absolute Gasteiger partial charge is 0.253 e. The summed E-state index contributed by atoms with van der Waals surface area (Å²) in [7, 11) is 1.59. The highest BCUT2D eigenvalue weighted by atomic mass is 16.5. The second-order valence-electron chi connectivity index (χ2n) is 5.42. The molecule has 126 valence electrons. The third-order valence-corrected chi connectivity index (χ3v) is 3.76. The molecule has 7 nitrogen and oxygen atoms in total. The van der Waals surface area contributed by atoms with Gasteiger partial charge in [0.15, 0.2) is 0 Å². The minimum atomic E-state index is -0.120. The van der Waals surface area contributed by atoms with Gasteiger partial charge in [-0.15, -0.1) is 0 Å². The monoisotopic (exact) mass is 321 g/mol. The first-order valence-electron chi connectivity index (χ1n) is 7.76. The summed E-state index contributed by atoms with van der Waals surface area (Å²) in [6.45, 7) is 2.24. The largest absolute Gasteiger partial charge is 0.382 e. The number of nitrogens with one attached hydrogen (secondary N) is 1. The lowest BCUT2D eigenvalue weighted by atomic mass is 10.0. The lowest BCUT2D eigenvalue weighted by Crippen LogP contribution is -2.47. The zero-order valence-corrected chi connectivity index (χ0v) is 13.4. The van der Waals surface area contributed by atoms with E-state index in [1.165, 1.54) is 0 Å². The number of rotatable bonds is 7. The molecule has 1 aliphatic rings. The van der Waals surface area contributed by atoms with Crippen LogP contribution in [0.25, 0.3) is 0 Å². The Kier molecular flexibility index (Phi) is 6.96. The maximum atomic E-state index is 12.1. The Morgan fingerprint density at radius 1 is 1.35 bits per heavy atom. The van der Waals surface area contributed by atoms with Crippen molar-refractivity contribution in [1.82, 2.24) is 15.2 Å². The van der Waals surface area contributed by atoms with Gasteiger partial charge in [-0.25, -0.2) is 0 Å². The van der Waals surface area contributed by atoms with Gasteiger partial charge in [0.1, 0.15) is 6.61 Å². The first-order valence-corrected chi connectivity index (χ1v) is 7.76. The van der Waals surface area contributed by atoms with Crippen molar-refractivity contribution in [2.24, 2.45) is 0 Å². The molecule has 0 spiro atoms. The molecule has 0 bridgehead atoms. The highest BCUT2D eigenvalue weighted by Crippen LogP contribution is 2.11. The molecule has 0 unspecified atom stereocenters. The van der Waals surface area contributed by atoms with E-state index < -0.39 is 0 Å². The standard InChI is InChI=1S/C16H23N3O4/c1-22-9-10-23-12-15(20)19-7-4-14(5-8-19)18-16(21)13-3-2-6-17-11-13/h2-3,6,11,14H,4-5,7-10,12H2,1H3,(H,18,21). The number of pyridine rings is 1. The number of amides is 2. The quantitative estimate of drug-likeness (QED) is 0.738. The molecular weight excluding hydrogens is 298 g/mol. The van der Waals surface area contributed by atoms with Gasteiger partial charge in [-0.05, 0) is 25.0 Å². The molecule has 7 heteroatoms. The Bertz CT molecular complexity index is 501. The number of carbonyl (C=O) groups excluding carboxylic acids is 2. The molecule has 1 aromatic heterocycles. The summed E-state index contributed by atoms with van der Waals surface area (Å²) in [5, 5.41) is 2.99. The van der Waals surface area contributed by atoms with Gasteiger partial charge < -0.3 is 19.7 Å². The van der Waals surface area contributed by atoms with Crippen LogP contribution in [0.5, 0.6) is 0 Å². The maximum Gasteiger partial charge on any atom is 0.253 e. The third-order valence-electron chi connectivity index (χ3n) is 3.76. The molecular formula is C16H23N3O4. The Hall–Kier alpha value is -1.99. The van der Waals surface area contributed by atoms with Crippen LogP contribution in [-0.2, 0) is 14.3 Å². The van der Waals surface area contributed by atoms with Crippen molar-refractivity contribution >= 4 is 11.8 Å². The molecule has 0 atom stereocenters. The Balaban J connectivity index is 1.69. The Morgan fingerprint density at radius 2 is 2.13 bits per heavy atom. The molecule has 23 heavy (non-hydrogen) atoms. The molecule has 0 saturated carbocycles. The van der Waals surface area contributed by atoms with Gasteiger partial charge in [-0.1, -0.05) is 0 Å². The molecule has 0 aromatic carbocycles. The second kappa shape index (κ2) is 9.22. The summed E-state index contributed by atoms with van der Waals surface area (Å²) in [5.41, 5.74) is 0.553. The van der Waals surface area contributed by atoms with E-state index in [1.54, 1.807) is 36.5 Å². The van der Waals surface area contributed by atoms with E-state index in [1.807, 2.05) is 0 Å². The number of aromatic nitrogens is 1. The van der Waals surface area contributed by atoms with Crippen molar-refractivity contribution in [3.05, 3.63) is 30.1 Å². The van der Waals surface area contributed by atoms with Crippen molar-refractivity contribution in [1.29, 1.82) is 0 Å². The van der Waals surface area contributed by atoms with E-state index in [-0.39, 0.29) is 24.5 Å². The van der Waals surface area contributed by atoms with Crippen LogP contribution in [0.3, 0.4) is 0 Å². The van der Waals surface area contributed by atoms with E-state index in [9.17, 15) is 9.59 Å². The lowest BCUT2D eigenvalue weighted by molar-refractivity contribution is -0.137. The van der Waals surface area contributed by atoms with Gasteiger partial charge in [0.25, 0.3) is 5.91 Å². The van der Waals surface area contributed by atoms with Crippen LogP contribution in [0, 0.1) is 0 Å². The minimum Gasteiger partial charge on any atom is -0.382 e. The molecule has 0 aliphatic carbocycles. The van der Waals surface area contributed by atoms with Gasteiger partial charge in [0.2, 0.25) is 5.91 Å². The fraction of sp³-hybridized carbons (Fsp3) is 0.562. The summed E-state index contributed by atoms with van der Waals surface area (Å²) in [5.74, 6) is -0.135. The lowest BCUT2D eigenvalue weighted by Gasteiger charge is -2.32. The third kappa shape index (κ3) is 5.61. The zero-order chi connectivity index (χ0) is 16.5. The van der Waals surface area contributed by atoms with Crippen LogP contribution in [0.15, 0.2) is 24.5 Å². The van der Waals surface area contributed by atoms with Crippen molar-refractivity contribution < 1.29 is 19.1 Å². The highest BCUT2D eigenvalue weighted by molar-refractivity contribution is 5.94. The maximum absolute atomic E-state index is 12.1. The molecule has 1 aliphatic heterocycles. The van der Waals surface area contributed by atoms with Gasteiger partial charge in [0, 0.05) is 38.6 Å².